The van der Waals surface area contributed by atoms with Crippen LogP contribution in [-0.2, 0) is 4.74 Å². The summed E-state index contributed by atoms with van der Waals surface area (Å²) in [6.07, 6.45) is 0. The molecular weight excluding hydrogens is 240 g/mol. The number of hydrogen-bond donors (Lipinski definition) is 2. The molecule has 0 saturated carbocycles. The Kier molecular flexibility index (Phi) is 4.69. The minimum atomic E-state index is 0.452. The molecule has 0 aliphatic heterocycles. The van der Waals surface area contributed by atoms with Crippen LogP contribution in [0.15, 0.2) is 36.4 Å². The summed E-state index contributed by atoms with van der Waals surface area (Å²) in [7, 11) is 0. The van der Waals surface area contributed by atoms with Gasteiger partial charge in [0.15, 0.2) is 5.82 Å². The minimum absolute atomic E-state index is 0.452. The summed E-state index contributed by atoms with van der Waals surface area (Å²) in [5.41, 5.74) is 6.75. The SMILES string of the molecule is CCOCCNc1cc(N)nc(-c2ccccc2)n1. The molecule has 5 nitrogen and oxygen atoms in total. The van der Waals surface area contributed by atoms with E-state index < -0.39 is 0 Å². The number of hydrogen-bond acceptors (Lipinski definition) is 5. The second-order valence-corrected chi connectivity index (χ2v) is 3.99. The van der Waals surface area contributed by atoms with Crippen molar-refractivity contribution in [3.05, 3.63) is 36.4 Å². The molecule has 5 heteroatoms. The summed E-state index contributed by atoms with van der Waals surface area (Å²) in [5, 5.41) is 3.17. The van der Waals surface area contributed by atoms with Gasteiger partial charge in [-0.2, -0.15) is 0 Å². The van der Waals surface area contributed by atoms with Crippen molar-refractivity contribution in [3.8, 4) is 11.4 Å². The van der Waals surface area contributed by atoms with E-state index in [-0.39, 0.29) is 0 Å². The van der Waals surface area contributed by atoms with Gasteiger partial charge in [0.05, 0.1) is 6.61 Å². The molecule has 0 fully saturated rings. The van der Waals surface area contributed by atoms with Gasteiger partial charge < -0.3 is 15.8 Å². The maximum atomic E-state index is 5.80. The van der Waals surface area contributed by atoms with Gasteiger partial charge >= 0.3 is 0 Å². The fraction of sp³-hybridized carbons (Fsp3) is 0.286. The van der Waals surface area contributed by atoms with E-state index in [0.717, 1.165) is 5.56 Å². The van der Waals surface area contributed by atoms with E-state index in [4.69, 9.17) is 10.5 Å². The van der Waals surface area contributed by atoms with E-state index in [9.17, 15) is 0 Å². The van der Waals surface area contributed by atoms with Crippen molar-refractivity contribution in [1.29, 1.82) is 0 Å². The summed E-state index contributed by atoms with van der Waals surface area (Å²) in [4.78, 5) is 8.69. The maximum absolute atomic E-state index is 5.80. The van der Waals surface area contributed by atoms with Crippen molar-refractivity contribution >= 4 is 11.6 Å². The Morgan fingerprint density at radius 3 is 2.74 bits per heavy atom. The second kappa shape index (κ2) is 6.70. The molecule has 0 saturated heterocycles. The zero-order valence-electron chi connectivity index (χ0n) is 11.0. The number of aromatic nitrogens is 2. The van der Waals surface area contributed by atoms with Crippen LogP contribution >= 0.6 is 0 Å². The van der Waals surface area contributed by atoms with Gasteiger partial charge in [0.2, 0.25) is 0 Å². The first-order valence-corrected chi connectivity index (χ1v) is 6.31. The van der Waals surface area contributed by atoms with Gasteiger partial charge in [0.1, 0.15) is 11.6 Å². The Bertz CT molecular complexity index is 516. The minimum Gasteiger partial charge on any atom is -0.384 e. The van der Waals surface area contributed by atoms with Gasteiger partial charge in [-0.05, 0) is 6.92 Å². The molecule has 19 heavy (non-hydrogen) atoms. The molecule has 1 heterocycles. The Labute approximate surface area is 112 Å². The molecule has 100 valence electrons. The molecule has 0 aliphatic carbocycles. The van der Waals surface area contributed by atoms with E-state index in [0.29, 0.717) is 37.2 Å². The molecular formula is C14H18N4O. The first-order chi connectivity index (χ1) is 9.29. The van der Waals surface area contributed by atoms with Crippen molar-refractivity contribution in [1.82, 2.24) is 9.97 Å². The lowest BCUT2D eigenvalue weighted by atomic mass is 10.2. The van der Waals surface area contributed by atoms with E-state index in [2.05, 4.69) is 15.3 Å². The van der Waals surface area contributed by atoms with Gasteiger partial charge in [0.25, 0.3) is 0 Å². The molecule has 0 aliphatic rings. The fourth-order valence-corrected chi connectivity index (χ4v) is 1.67. The van der Waals surface area contributed by atoms with Gasteiger partial charge in [-0.15, -0.1) is 0 Å². The first kappa shape index (κ1) is 13.3. The Morgan fingerprint density at radius 1 is 1.21 bits per heavy atom. The largest absolute Gasteiger partial charge is 0.384 e. The zero-order chi connectivity index (χ0) is 13.5. The van der Waals surface area contributed by atoms with Crippen LogP contribution in [0.5, 0.6) is 0 Å². The number of nitrogen functional groups attached to an aromatic ring is 1. The molecule has 2 aromatic rings. The van der Waals surface area contributed by atoms with E-state index in [1.807, 2.05) is 37.3 Å². The standard InChI is InChI=1S/C14H18N4O/c1-2-19-9-8-16-13-10-12(15)17-14(18-13)11-6-4-3-5-7-11/h3-7,10H,2,8-9H2,1H3,(H3,15,16,17,18). The van der Waals surface area contributed by atoms with Crippen molar-refractivity contribution in [3.63, 3.8) is 0 Å². The van der Waals surface area contributed by atoms with Crippen molar-refractivity contribution in [2.24, 2.45) is 0 Å². The smallest absolute Gasteiger partial charge is 0.163 e. The zero-order valence-corrected chi connectivity index (χ0v) is 11.0. The summed E-state index contributed by atoms with van der Waals surface area (Å²) >= 11 is 0. The van der Waals surface area contributed by atoms with Crippen LogP contribution < -0.4 is 11.1 Å². The number of nitrogens with zero attached hydrogens (tertiary/aromatic N) is 2. The quantitative estimate of drug-likeness (QED) is 0.777. The Morgan fingerprint density at radius 2 is 2.00 bits per heavy atom. The fourth-order valence-electron chi connectivity index (χ4n) is 1.67. The van der Waals surface area contributed by atoms with E-state index >= 15 is 0 Å². The van der Waals surface area contributed by atoms with Crippen molar-refractivity contribution in [2.45, 2.75) is 6.92 Å². The number of nitrogens with two attached hydrogens (primary N) is 1. The molecule has 2 rings (SSSR count). The molecule has 1 aromatic carbocycles. The summed E-state index contributed by atoms with van der Waals surface area (Å²) in [6.45, 7) is 4.01. The molecule has 0 bridgehead atoms. The average molecular weight is 258 g/mol. The highest BCUT2D eigenvalue weighted by Crippen LogP contribution is 2.18. The third kappa shape index (κ3) is 3.93. The highest BCUT2D eigenvalue weighted by molar-refractivity contribution is 5.60. The predicted octanol–water partition coefficient (Wildman–Crippen LogP) is 2.17. The predicted molar refractivity (Wildman–Crippen MR) is 76.9 cm³/mol. The second-order valence-electron chi connectivity index (χ2n) is 3.99. The highest BCUT2D eigenvalue weighted by atomic mass is 16.5. The van der Waals surface area contributed by atoms with Gasteiger partial charge in [-0.1, -0.05) is 30.3 Å². The lowest BCUT2D eigenvalue weighted by molar-refractivity contribution is 0.158. The molecule has 1 aromatic heterocycles. The van der Waals surface area contributed by atoms with Crippen LogP contribution in [0.1, 0.15) is 6.92 Å². The monoisotopic (exact) mass is 258 g/mol. The van der Waals surface area contributed by atoms with E-state index in [1.54, 1.807) is 6.07 Å². The molecule has 0 atom stereocenters. The number of nitrogens with one attached hydrogen (secondary N) is 1. The van der Waals surface area contributed by atoms with Gasteiger partial charge in [-0.25, -0.2) is 9.97 Å². The number of rotatable bonds is 6. The van der Waals surface area contributed by atoms with Crippen LogP contribution in [0.3, 0.4) is 0 Å². The van der Waals surface area contributed by atoms with Crippen LogP contribution in [0, 0.1) is 0 Å². The molecule has 0 amide bonds. The van der Waals surface area contributed by atoms with Crippen molar-refractivity contribution < 1.29 is 4.74 Å². The van der Waals surface area contributed by atoms with Crippen LogP contribution in [0.4, 0.5) is 11.6 Å². The Balaban J connectivity index is 2.11. The molecule has 0 radical (unpaired) electrons. The highest BCUT2D eigenvalue weighted by Gasteiger charge is 2.04. The lowest BCUT2D eigenvalue weighted by Gasteiger charge is -2.08. The first-order valence-electron chi connectivity index (χ1n) is 6.31. The lowest BCUT2D eigenvalue weighted by Crippen LogP contribution is -2.11. The van der Waals surface area contributed by atoms with Crippen molar-refractivity contribution in [2.75, 3.05) is 30.8 Å². The molecule has 0 unspecified atom stereocenters. The van der Waals surface area contributed by atoms with Gasteiger partial charge in [0, 0.05) is 24.8 Å². The average Bonchev–Trinajstić information content (AvgIpc) is 2.44. The van der Waals surface area contributed by atoms with Crippen LogP contribution in [-0.4, -0.2) is 29.7 Å². The van der Waals surface area contributed by atoms with Crippen LogP contribution in [0.25, 0.3) is 11.4 Å². The molecule has 0 spiro atoms. The normalized spacial score (nSPS) is 10.4. The third-order valence-corrected chi connectivity index (χ3v) is 2.53. The number of ether oxygens (including phenoxy) is 1. The number of anilines is 2. The maximum Gasteiger partial charge on any atom is 0.163 e. The van der Waals surface area contributed by atoms with Crippen LogP contribution in [0.2, 0.25) is 0 Å². The third-order valence-electron chi connectivity index (χ3n) is 2.53. The van der Waals surface area contributed by atoms with Gasteiger partial charge in [-0.3, -0.25) is 0 Å². The number of benzene rings is 1. The van der Waals surface area contributed by atoms with E-state index in [1.165, 1.54) is 0 Å². The summed E-state index contributed by atoms with van der Waals surface area (Å²) < 4.78 is 5.26. The molecule has 3 N–H and O–H groups in total. The summed E-state index contributed by atoms with van der Waals surface area (Å²) in [6, 6.07) is 11.5. The topological polar surface area (TPSA) is 73.1 Å². The Hall–Kier alpha value is -2.14. The summed E-state index contributed by atoms with van der Waals surface area (Å²) in [5.74, 6) is 1.79.